The molecule has 0 spiro atoms. The summed E-state index contributed by atoms with van der Waals surface area (Å²) in [5, 5.41) is 8.46. The van der Waals surface area contributed by atoms with Gasteiger partial charge in [-0.1, -0.05) is 115 Å². The van der Waals surface area contributed by atoms with Crippen LogP contribution in [0.25, 0.3) is 107 Å². The number of hydrogen-bond donors (Lipinski definition) is 0. The van der Waals surface area contributed by atoms with E-state index in [9.17, 15) is 0 Å². The lowest BCUT2D eigenvalue weighted by Gasteiger charge is -2.08. The van der Waals surface area contributed by atoms with Gasteiger partial charge in [0.1, 0.15) is 11.2 Å². The lowest BCUT2D eigenvalue weighted by molar-refractivity contribution is 0.669. The van der Waals surface area contributed by atoms with Gasteiger partial charge in [0.15, 0.2) is 5.82 Å². The molecule has 7 aromatic carbocycles. The van der Waals surface area contributed by atoms with Gasteiger partial charge in [0.05, 0.1) is 15.9 Å². The van der Waals surface area contributed by atoms with Gasteiger partial charge >= 0.3 is 0 Å². The molecule has 11 rings (SSSR count). The molecule has 4 aromatic heterocycles. The first kappa shape index (κ1) is 27.1. The van der Waals surface area contributed by atoms with Crippen molar-refractivity contribution < 1.29 is 4.42 Å². The average molecular weight is 661 g/mol. The van der Waals surface area contributed by atoms with E-state index in [4.69, 9.17) is 14.4 Å². The second-order valence-corrected chi connectivity index (χ2v) is 14.6. The highest BCUT2D eigenvalue weighted by Crippen LogP contribution is 2.44. The molecule has 0 radical (unpaired) electrons. The van der Waals surface area contributed by atoms with Gasteiger partial charge in [-0.3, -0.25) is 0 Å². The summed E-state index contributed by atoms with van der Waals surface area (Å²) in [6.45, 7) is 0. The van der Waals surface area contributed by atoms with Crippen molar-refractivity contribution in [3.63, 3.8) is 0 Å². The third-order valence-electron chi connectivity index (χ3n) is 9.70. The molecule has 11 aromatic rings. The third kappa shape index (κ3) is 4.07. The van der Waals surface area contributed by atoms with Gasteiger partial charge < -0.3 is 4.42 Å². The number of fused-ring (bicyclic) bond motifs is 11. The Morgan fingerprint density at radius 1 is 0.449 bits per heavy atom. The number of hydrogen-bond acceptors (Lipinski definition) is 5. The number of furan rings is 1. The molecule has 3 nitrogen and oxygen atoms in total. The zero-order chi connectivity index (χ0) is 32.1. The Kier molecular flexibility index (Phi) is 5.70. The Morgan fingerprint density at radius 3 is 2.16 bits per heavy atom. The highest BCUT2D eigenvalue weighted by molar-refractivity contribution is 7.27. The minimum Gasteiger partial charge on any atom is -0.456 e. The van der Waals surface area contributed by atoms with Crippen LogP contribution in [0.3, 0.4) is 0 Å². The number of benzene rings is 7. The molecular weight excluding hydrogens is 637 g/mol. The van der Waals surface area contributed by atoms with E-state index < -0.39 is 0 Å². The van der Waals surface area contributed by atoms with Gasteiger partial charge in [-0.15, -0.1) is 22.7 Å². The topological polar surface area (TPSA) is 38.9 Å². The van der Waals surface area contributed by atoms with E-state index >= 15 is 0 Å². The first-order valence-electron chi connectivity index (χ1n) is 16.3. The van der Waals surface area contributed by atoms with Crippen LogP contribution in [0, 0.1) is 0 Å². The van der Waals surface area contributed by atoms with E-state index in [0.717, 1.165) is 59.9 Å². The molecule has 0 unspecified atom stereocenters. The molecule has 0 aliphatic heterocycles. The maximum absolute atomic E-state index is 6.46. The summed E-state index contributed by atoms with van der Waals surface area (Å²) in [5.41, 5.74) is 8.01. The summed E-state index contributed by atoms with van der Waals surface area (Å²) in [5.74, 6) is 0.701. The van der Waals surface area contributed by atoms with Gasteiger partial charge in [0, 0.05) is 52.2 Å². The molecular formula is C44H24N2OS2. The second-order valence-electron chi connectivity index (χ2n) is 12.5. The van der Waals surface area contributed by atoms with E-state index in [1.165, 1.54) is 41.2 Å². The van der Waals surface area contributed by atoms with Crippen LogP contribution >= 0.6 is 22.7 Å². The van der Waals surface area contributed by atoms with E-state index in [2.05, 4.69) is 127 Å². The van der Waals surface area contributed by atoms with Crippen LogP contribution in [0.4, 0.5) is 0 Å². The van der Waals surface area contributed by atoms with Crippen molar-refractivity contribution in [2.24, 2.45) is 0 Å². The first-order chi connectivity index (χ1) is 24.3. The first-order valence-corrected chi connectivity index (χ1v) is 17.9. The largest absolute Gasteiger partial charge is 0.456 e. The molecule has 0 N–H and O–H groups in total. The van der Waals surface area contributed by atoms with Gasteiger partial charge in [-0.2, -0.15) is 0 Å². The van der Waals surface area contributed by atoms with Gasteiger partial charge in [-0.25, -0.2) is 9.97 Å². The van der Waals surface area contributed by atoms with Crippen molar-refractivity contribution >= 4 is 95.9 Å². The molecule has 5 heteroatoms. The third-order valence-corrected chi connectivity index (χ3v) is 12.1. The number of aromatic nitrogens is 2. The predicted molar refractivity (Wildman–Crippen MR) is 209 cm³/mol. The fourth-order valence-corrected chi connectivity index (χ4v) is 9.81. The Bertz CT molecular complexity index is 3110. The lowest BCUT2D eigenvalue weighted by atomic mass is 9.99. The maximum Gasteiger partial charge on any atom is 0.161 e. The van der Waals surface area contributed by atoms with Crippen molar-refractivity contribution in [1.29, 1.82) is 0 Å². The number of thiophene rings is 2. The molecule has 0 fully saturated rings. The SMILES string of the molecule is c1ccc(-c2nc(-c3cccc4oc5ccc(-c6ccc7c(c6)sc6c8ccccc8ccc76)cc5c34)nc3c2sc2ccccc23)cc1. The predicted octanol–water partition coefficient (Wildman–Crippen LogP) is 13.3. The van der Waals surface area contributed by atoms with E-state index in [0.29, 0.717) is 5.82 Å². The van der Waals surface area contributed by atoms with E-state index in [-0.39, 0.29) is 0 Å². The Morgan fingerprint density at radius 2 is 1.22 bits per heavy atom. The maximum atomic E-state index is 6.46. The minimum atomic E-state index is 0.701. The average Bonchev–Trinajstić information content (AvgIpc) is 3.85. The quantitative estimate of drug-likeness (QED) is 0.189. The second kappa shape index (κ2) is 10.3. The fourth-order valence-electron chi connectivity index (χ4n) is 7.38. The highest BCUT2D eigenvalue weighted by Gasteiger charge is 2.20. The Hall–Kier alpha value is -5.88. The van der Waals surface area contributed by atoms with E-state index in [1.807, 2.05) is 29.5 Å². The summed E-state index contributed by atoms with van der Waals surface area (Å²) in [6.07, 6.45) is 0. The van der Waals surface area contributed by atoms with Crippen LogP contribution < -0.4 is 0 Å². The van der Waals surface area contributed by atoms with Crippen LogP contribution in [0.2, 0.25) is 0 Å². The molecule has 0 aliphatic carbocycles. The van der Waals surface area contributed by atoms with Crippen molar-refractivity contribution in [2.45, 2.75) is 0 Å². The number of nitrogens with zero attached hydrogens (tertiary/aromatic N) is 2. The monoisotopic (exact) mass is 660 g/mol. The van der Waals surface area contributed by atoms with Crippen molar-refractivity contribution in [3.05, 3.63) is 146 Å². The Balaban J connectivity index is 1.12. The summed E-state index contributed by atoms with van der Waals surface area (Å²) >= 11 is 3.63. The van der Waals surface area contributed by atoms with Gasteiger partial charge in [-0.05, 0) is 52.2 Å². The molecule has 0 saturated heterocycles. The normalized spacial score (nSPS) is 12.1. The zero-order valence-corrected chi connectivity index (χ0v) is 27.6. The van der Waals surface area contributed by atoms with Crippen molar-refractivity contribution in [2.75, 3.05) is 0 Å². The summed E-state index contributed by atoms with van der Waals surface area (Å²) in [7, 11) is 0. The zero-order valence-electron chi connectivity index (χ0n) is 26.0. The van der Waals surface area contributed by atoms with Gasteiger partial charge in [0.25, 0.3) is 0 Å². The van der Waals surface area contributed by atoms with E-state index in [1.54, 1.807) is 11.3 Å². The van der Waals surface area contributed by atoms with Crippen LogP contribution in [0.1, 0.15) is 0 Å². The molecule has 0 atom stereocenters. The highest BCUT2D eigenvalue weighted by atomic mass is 32.1. The lowest BCUT2D eigenvalue weighted by Crippen LogP contribution is -1.94. The summed E-state index contributed by atoms with van der Waals surface area (Å²) in [4.78, 5) is 10.6. The van der Waals surface area contributed by atoms with Crippen LogP contribution in [-0.4, -0.2) is 9.97 Å². The standard InChI is InChI=1S/C44H24N2OS2/c1-2-10-26(11-3-1)40-43-41(32-13-6-7-16-37(32)48-43)46-44(45-40)33-14-8-15-36-39(33)34-23-27(19-22-35(34)47-36)28-18-20-30-31-21-17-25-9-4-5-12-29(25)42(31)49-38(30)24-28/h1-24H. The summed E-state index contributed by atoms with van der Waals surface area (Å²) < 4.78 is 11.4. The molecule has 228 valence electrons. The van der Waals surface area contributed by atoms with Crippen molar-refractivity contribution in [3.8, 4) is 33.8 Å². The minimum absolute atomic E-state index is 0.701. The van der Waals surface area contributed by atoms with Crippen LogP contribution in [-0.2, 0) is 0 Å². The molecule has 0 bridgehead atoms. The fraction of sp³-hybridized carbons (Fsp3) is 0. The molecule has 49 heavy (non-hydrogen) atoms. The molecule has 0 aliphatic rings. The molecule has 0 saturated carbocycles. The molecule has 4 heterocycles. The number of rotatable bonds is 3. The smallest absolute Gasteiger partial charge is 0.161 e. The van der Waals surface area contributed by atoms with Gasteiger partial charge in [0.2, 0.25) is 0 Å². The van der Waals surface area contributed by atoms with Crippen LogP contribution in [0.15, 0.2) is 150 Å². The van der Waals surface area contributed by atoms with Crippen molar-refractivity contribution in [1.82, 2.24) is 9.97 Å². The molecule has 0 amide bonds. The summed E-state index contributed by atoms with van der Waals surface area (Å²) in [6, 6.07) is 51.7. The Labute approximate surface area is 288 Å². The van der Waals surface area contributed by atoms with Crippen LogP contribution in [0.5, 0.6) is 0 Å².